The van der Waals surface area contributed by atoms with E-state index in [0.717, 1.165) is 42.7 Å². The molecule has 0 fully saturated rings. The number of carbonyl (C=O) groups excluding carboxylic acids is 1. The highest BCUT2D eigenvalue weighted by atomic mass is 32.1. The lowest BCUT2D eigenvalue weighted by Gasteiger charge is -2.10. The van der Waals surface area contributed by atoms with Gasteiger partial charge in [0.05, 0.1) is 5.56 Å². The Hall–Kier alpha value is -2.23. The number of aryl methyl sites for hydroxylation is 2. The van der Waals surface area contributed by atoms with E-state index in [-0.39, 0.29) is 11.0 Å². The second-order valence-electron chi connectivity index (χ2n) is 5.99. The minimum absolute atomic E-state index is 0.222. The van der Waals surface area contributed by atoms with Crippen molar-refractivity contribution in [3.8, 4) is 6.07 Å². The number of hydrogen-bond donors (Lipinski definition) is 2. The molecule has 128 valence electrons. The summed E-state index contributed by atoms with van der Waals surface area (Å²) >= 11 is 6.83. The standard InChI is InChI=1S/C19H19N3OS2/c1-2-12-7-9-13(10-8-12)17(23)21-19(24)22-18-15(11-20)14-5-3-4-6-16(14)25-18/h7-10H,2-6H2,1H3,(H2,21,22,23,24). The van der Waals surface area contributed by atoms with E-state index in [1.165, 1.54) is 10.4 Å². The van der Waals surface area contributed by atoms with Crippen LogP contribution in [0.25, 0.3) is 0 Å². The maximum atomic E-state index is 12.3. The number of amides is 1. The topological polar surface area (TPSA) is 64.9 Å². The molecule has 0 spiro atoms. The van der Waals surface area contributed by atoms with Crippen LogP contribution in [0, 0.1) is 11.3 Å². The van der Waals surface area contributed by atoms with E-state index in [1.807, 2.05) is 12.1 Å². The Morgan fingerprint density at radius 2 is 2.00 bits per heavy atom. The van der Waals surface area contributed by atoms with E-state index in [9.17, 15) is 10.1 Å². The van der Waals surface area contributed by atoms with Gasteiger partial charge in [0, 0.05) is 10.4 Å². The SMILES string of the molecule is CCc1ccc(C(=O)NC(=S)Nc2sc3c(c2C#N)CCCC3)cc1. The quantitative estimate of drug-likeness (QED) is 0.796. The summed E-state index contributed by atoms with van der Waals surface area (Å²) < 4.78 is 0. The smallest absolute Gasteiger partial charge is 0.257 e. The number of rotatable bonds is 3. The molecule has 0 unspecified atom stereocenters. The molecule has 25 heavy (non-hydrogen) atoms. The van der Waals surface area contributed by atoms with Crippen LogP contribution in [0.3, 0.4) is 0 Å². The van der Waals surface area contributed by atoms with Crippen LogP contribution in [0.1, 0.15) is 51.7 Å². The van der Waals surface area contributed by atoms with Gasteiger partial charge in [0.25, 0.3) is 5.91 Å². The summed E-state index contributed by atoms with van der Waals surface area (Å²) in [5.74, 6) is -0.250. The lowest BCUT2D eigenvalue weighted by molar-refractivity contribution is 0.0977. The maximum absolute atomic E-state index is 12.3. The van der Waals surface area contributed by atoms with Crippen LogP contribution < -0.4 is 10.6 Å². The molecule has 4 nitrogen and oxygen atoms in total. The van der Waals surface area contributed by atoms with Crippen LogP contribution in [0.15, 0.2) is 24.3 Å². The molecular formula is C19H19N3OS2. The number of fused-ring (bicyclic) bond motifs is 1. The Labute approximate surface area is 156 Å². The van der Waals surface area contributed by atoms with Crippen molar-refractivity contribution in [2.24, 2.45) is 0 Å². The first kappa shape index (κ1) is 17.6. The summed E-state index contributed by atoms with van der Waals surface area (Å²) in [4.78, 5) is 13.6. The number of thiophene rings is 1. The molecule has 1 aromatic carbocycles. The molecule has 1 amide bonds. The summed E-state index contributed by atoms with van der Waals surface area (Å²) in [6.45, 7) is 2.07. The van der Waals surface area contributed by atoms with Crippen molar-refractivity contribution >= 4 is 39.6 Å². The average Bonchev–Trinajstić information content (AvgIpc) is 2.98. The summed E-state index contributed by atoms with van der Waals surface area (Å²) in [7, 11) is 0. The monoisotopic (exact) mass is 369 g/mol. The van der Waals surface area contributed by atoms with E-state index in [2.05, 4.69) is 23.6 Å². The highest BCUT2D eigenvalue weighted by Crippen LogP contribution is 2.37. The number of benzene rings is 1. The second-order valence-corrected chi connectivity index (χ2v) is 7.50. The molecule has 0 saturated heterocycles. The highest BCUT2D eigenvalue weighted by molar-refractivity contribution is 7.80. The minimum Gasteiger partial charge on any atom is -0.323 e. The maximum Gasteiger partial charge on any atom is 0.257 e. The number of nitrogens with one attached hydrogen (secondary N) is 2. The predicted molar refractivity (Wildman–Crippen MR) is 105 cm³/mol. The van der Waals surface area contributed by atoms with Crippen LogP contribution in [-0.2, 0) is 19.3 Å². The summed E-state index contributed by atoms with van der Waals surface area (Å²) in [5, 5.41) is 16.2. The van der Waals surface area contributed by atoms with Crippen molar-refractivity contribution in [3.63, 3.8) is 0 Å². The predicted octanol–water partition coefficient (Wildman–Crippen LogP) is 4.19. The molecule has 2 N–H and O–H groups in total. The molecule has 1 aliphatic carbocycles. The molecule has 3 rings (SSSR count). The Morgan fingerprint density at radius 3 is 2.68 bits per heavy atom. The van der Waals surface area contributed by atoms with Crippen LogP contribution in [0.2, 0.25) is 0 Å². The number of nitrogens with zero attached hydrogens (tertiary/aromatic N) is 1. The van der Waals surface area contributed by atoms with Gasteiger partial charge in [0.1, 0.15) is 11.1 Å². The van der Waals surface area contributed by atoms with Crippen LogP contribution >= 0.6 is 23.6 Å². The Bertz CT molecular complexity index is 847. The van der Waals surface area contributed by atoms with E-state index in [1.54, 1.807) is 23.5 Å². The highest BCUT2D eigenvalue weighted by Gasteiger charge is 2.21. The van der Waals surface area contributed by atoms with Gasteiger partial charge < -0.3 is 5.32 Å². The Morgan fingerprint density at radius 1 is 1.28 bits per heavy atom. The zero-order valence-corrected chi connectivity index (χ0v) is 15.6. The van der Waals surface area contributed by atoms with Crippen molar-refractivity contribution in [2.75, 3.05) is 5.32 Å². The third-order valence-corrected chi connectivity index (χ3v) is 5.77. The number of anilines is 1. The lowest BCUT2D eigenvalue weighted by atomic mass is 9.96. The van der Waals surface area contributed by atoms with Gasteiger partial charge in [-0.2, -0.15) is 5.26 Å². The molecular weight excluding hydrogens is 350 g/mol. The molecule has 6 heteroatoms. The van der Waals surface area contributed by atoms with Gasteiger partial charge in [-0.1, -0.05) is 19.1 Å². The van der Waals surface area contributed by atoms with E-state index in [4.69, 9.17) is 12.2 Å². The van der Waals surface area contributed by atoms with Gasteiger partial charge in [0.15, 0.2) is 5.11 Å². The Kier molecular flexibility index (Phi) is 5.47. The van der Waals surface area contributed by atoms with Crippen LogP contribution in [0.4, 0.5) is 5.00 Å². The lowest BCUT2D eigenvalue weighted by Crippen LogP contribution is -2.34. The molecule has 0 atom stereocenters. The van der Waals surface area contributed by atoms with Crippen molar-refractivity contribution in [1.82, 2.24) is 5.32 Å². The number of nitriles is 1. The van der Waals surface area contributed by atoms with Crippen molar-refractivity contribution < 1.29 is 4.79 Å². The zero-order chi connectivity index (χ0) is 17.8. The fraction of sp³-hybridized carbons (Fsp3) is 0.316. The molecule has 0 radical (unpaired) electrons. The van der Waals surface area contributed by atoms with E-state index < -0.39 is 0 Å². The largest absolute Gasteiger partial charge is 0.323 e. The molecule has 0 bridgehead atoms. The third kappa shape index (κ3) is 3.89. The van der Waals surface area contributed by atoms with Gasteiger partial charge in [-0.05, 0) is 67.6 Å². The molecule has 1 aliphatic rings. The van der Waals surface area contributed by atoms with E-state index >= 15 is 0 Å². The van der Waals surface area contributed by atoms with Crippen molar-refractivity contribution in [1.29, 1.82) is 5.26 Å². The average molecular weight is 370 g/mol. The second kappa shape index (κ2) is 7.77. The number of hydrogen-bond acceptors (Lipinski definition) is 4. The van der Waals surface area contributed by atoms with Gasteiger partial charge >= 0.3 is 0 Å². The molecule has 0 saturated carbocycles. The first-order valence-electron chi connectivity index (χ1n) is 8.38. The first-order chi connectivity index (χ1) is 12.1. The third-order valence-electron chi connectivity index (χ3n) is 4.36. The van der Waals surface area contributed by atoms with Gasteiger partial charge in [-0.15, -0.1) is 11.3 Å². The fourth-order valence-corrected chi connectivity index (χ4v) is 4.48. The normalized spacial score (nSPS) is 12.8. The number of thiocarbonyl (C=S) groups is 1. The first-order valence-corrected chi connectivity index (χ1v) is 9.60. The minimum atomic E-state index is -0.250. The van der Waals surface area contributed by atoms with Gasteiger partial charge in [-0.3, -0.25) is 10.1 Å². The summed E-state index contributed by atoms with van der Waals surface area (Å²) in [6, 6.07) is 9.74. The van der Waals surface area contributed by atoms with Crippen LogP contribution in [0.5, 0.6) is 0 Å². The molecule has 1 heterocycles. The van der Waals surface area contributed by atoms with Crippen molar-refractivity contribution in [2.45, 2.75) is 39.0 Å². The summed E-state index contributed by atoms with van der Waals surface area (Å²) in [6.07, 6.45) is 5.17. The van der Waals surface area contributed by atoms with Gasteiger partial charge in [0.2, 0.25) is 0 Å². The summed E-state index contributed by atoms with van der Waals surface area (Å²) in [5.41, 5.74) is 3.56. The van der Waals surface area contributed by atoms with Crippen molar-refractivity contribution in [3.05, 3.63) is 51.4 Å². The number of carbonyl (C=O) groups is 1. The molecule has 2 aromatic rings. The molecule has 0 aliphatic heterocycles. The fourth-order valence-electron chi connectivity index (χ4n) is 2.97. The molecule has 1 aromatic heterocycles. The Balaban J connectivity index is 1.69. The van der Waals surface area contributed by atoms with Crippen LogP contribution in [-0.4, -0.2) is 11.0 Å². The van der Waals surface area contributed by atoms with E-state index in [0.29, 0.717) is 11.1 Å². The van der Waals surface area contributed by atoms with Gasteiger partial charge in [-0.25, -0.2) is 0 Å². The zero-order valence-electron chi connectivity index (χ0n) is 14.0.